The molecule has 190 valence electrons. The molecule has 0 spiro atoms. The maximum Gasteiger partial charge on any atom is 0.416 e. The maximum absolute atomic E-state index is 13.9. The van der Waals surface area contributed by atoms with Crippen LogP contribution in [0.15, 0.2) is 54.0 Å². The second-order valence-corrected chi connectivity index (χ2v) is 9.18. The lowest BCUT2D eigenvalue weighted by molar-refractivity contribution is -0.137. The molecule has 4 N–H and O–H groups in total. The largest absolute Gasteiger partial charge is 0.416 e. The van der Waals surface area contributed by atoms with E-state index in [1.165, 1.54) is 11.3 Å². The van der Waals surface area contributed by atoms with Gasteiger partial charge in [0.05, 0.1) is 28.1 Å². The Morgan fingerprint density at radius 1 is 1.14 bits per heavy atom. The van der Waals surface area contributed by atoms with Crippen LogP contribution in [0.3, 0.4) is 0 Å². The van der Waals surface area contributed by atoms with E-state index in [2.05, 4.69) is 27.5 Å². The minimum absolute atomic E-state index is 0.356. The SMILES string of the molecule is CN(C)CC#Cc1cnc(N)c2c(-c3ccc(NC(=O)Nc4cc(C(F)(F)F)ccc4F)cc3)csc12. The Balaban J connectivity index is 1.53. The van der Waals surface area contributed by atoms with E-state index in [9.17, 15) is 22.4 Å². The summed E-state index contributed by atoms with van der Waals surface area (Å²) < 4.78 is 53.5. The Kier molecular flexibility index (Phi) is 7.33. The van der Waals surface area contributed by atoms with Crippen LogP contribution in [0, 0.1) is 17.7 Å². The van der Waals surface area contributed by atoms with E-state index in [-0.39, 0.29) is 0 Å². The number of pyridine rings is 1. The van der Waals surface area contributed by atoms with E-state index in [1.54, 1.807) is 30.5 Å². The first-order valence-electron chi connectivity index (χ1n) is 10.9. The van der Waals surface area contributed by atoms with E-state index < -0.39 is 29.3 Å². The van der Waals surface area contributed by atoms with Gasteiger partial charge in [-0.3, -0.25) is 4.90 Å². The fourth-order valence-corrected chi connectivity index (χ4v) is 4.53. The van der Waals surface area contributed by atoms with Gasteiger partial charge in [-0.15, -0.1) is 11.3 Å². The number of benzene rings is 2. The number of nitrogens with zero attached hydrogens (tertiary/aromatic N) is 2. The number of amides is 2. The van der Waals surface area contributed by atoms with Crippen molar-refractivity contribution in [1.82, 2.24) is 9.88 Å². The number of anilines is 3. The molecular formula is C26H21F4N5OS. The number of aromatic nitrogens is 1. The number of hydrogen-bond donors (Lipinski definition) is 3. The highest BCUT2D eigenvalue weighted by atomic mass is 32.1. The van der Waals surface area contributed by atoms with Crippen LogP contribution in [-0.4, -0.2) is 36.6 Å². The standard InChI is InChI=1S/C26H21F4N5OS/c1-35(2)11-3-4-16-13-32-24(31)22-19(14-37-23(16)22)15-5-8-18(9-6-15)33-25(36)34-21-12-17(26(28,29)30)7-10-20(21)27/h5-10,12-14H,11H2,1-2H3,(H2,31,32)(H2,33,34,36). The van der Waals surface area contributed by atoms with Gasteiger partial charge in [0.2, 0.25) is 0 Å². The predicted octanol–water partition coefficient (Wildman–Crippen LogP) is 6.26. The molecule has 37 heavy (non-hydrogen) atoms. The molecule has 2 amide bonds. The molecule has 2 heterocycles. The number of hydrogen-bond acceptors (Lipinski definition) is 5. The molecule has 0 atom stereocenters. The third-order valence-electron chi connectivity index (χ3n) is 5.24. The summed E-state index contributed by atoms with van der Waals surface area (Å²) >= 11 is 1.50. The third kappa shape index (κ3) is 5.99. The first kappa shape index (κ1) is 25.9. The molecule has 2 aromatic heterocycles. The quantitative estimate of drug-likeness (QED) is 0.216. The fraction of sp³-hybridized carbons (Fsp3) is 0.154. The second kappa shape index (κ2) is 10.5. The Morgan fingerprint density at radius 3 is 2.54 bits per heavy atom. The number of alkyl halides is 3. The van der Waals surface area contributed by atoms with Gasteiger partial charge in [0.25, 0.3) is 0 Å². The summed E-state index contributed by atoms with van der Waals surface area (Å²) in [5.74, 6) is 5.61. The molecule has 4 rings (SSSR count). The molecule has 0 aliphatic carbocycles. The average molecular weight is 528 g/mol. The van der Waals surface area contributed by atoms with Gasteiger partial charge in [0.15, 0.2) is 0 Å². The summed E-state index contributed by atoms with van der Waals surface area (Å²) in [7, 11) is 3.86. The van der Waals surface area contributed by atoms with E-state index in [0.717, 1.165) is 26.8 Å². The Bertz CT molecular complexity index is 1520. The van der Waals surface area contributed by atoms with Crippen LogP contribution < -0.4 is 16.4 Å². The monoisotopic (exact) mass is 527 g/mol. The first-order valence-corrected chi connectivity index (χ1v) is 11.8. The third-order valence-corrected chi connectivity index (χ3v) is 6.25. The second-order valence-electron chi connectivity index (χ2n) is 8.30. The van der Waals surface area contributed by atoms with Gasteiger partial charge in [0, 0.05) is 22.8 Å². The number of thiophene rings is 1. The summed E-state index contributed by atoms with van der Waals surface area (Å²) in [4.78, 5) is 18.5. The van der Waals surface area contributed by atoms with Crippen molar-refractivity contribution in [1.29, 1.82) is 0 Å². The molecule has 0 aliphatic rings. The van der Waals surface area contributed by atoms with Crippen molar-refractivity contribution in [2.45, 2.75) is 6.18 Å². The van der Waals surface area contributed by atoms with Crippen molar-refractivity contribution in [2.24, 2.45) is 0 Å². The number of rotatable bonds is 4. The lowest BCUT2D eigenvalue weighted by atomic mass is 10.0. The number of fused-ring (bicyclic) bond motifs is 1. The minimum Gasteiger partial charge on any atom is -0.383 e. The highest BCUT2D eigenvalue weighted by Crippen LogP contribution is 2.38. The molecule has 0 saturated carbocycles. The van der Waals surface area contributed by atoms with E-state index in [4.69, 9.17) is 5.73 Å². The number of halogens is 4. The number of nitrogens with two attached hydrogens (primary N) is 1. The summed E-state index contributed by atoms with van der Waals surface area (Å²) in [5, 5.41) is 7.32. The zero-order valence-electron chi connectivity index (χ0n) is 19.7. The van der Waals surface area contributed by atoms with E-state index in [0.29, 0.717) is 36.2 Å². The zero-order chi connectivity index (χ0) is 26.7. The van der Waals surface area contributed by atoms with Crippen LogP contribution in [-0.2, 0) is 6.18 Å². The van der Waals surface area contributed by atoms with Gasteiger partial charge in [-0.05, 0) is 55.4 Å². The zero-order valence-corrected chi connectivity index (χ0v) is 20.5. The van der Waals surface area contributed by atoms with E-state index >= 15 is 0 Å². The average Bonchev–Trinajstić information content (AvgIpc) is 3.28. The van der Waals surface area contributed by atoms with Gasteiger partial charge >= 0.3 is 12.2 Å². The predicted molar refractivity (Wildman–Crippen MR) is 139 cm³/mol. The van der Waals surface area contributed by atoms with Gasteiger partial charge in [-0.1, -0.05) is 24.0 Å². The Morgan fingerprint density at radius 2 is 1.86 bits per heavy atom. The Labute approximate surface area is 214 Å². The van der Waals surface area contributed by atoms with Crippen molar-refractivity contribution < 1.29 is 22.4 Å². The van der Waals surface area contributed by atoms with Crippen molar-refractivity contribution >= 4 is 44.6 Å². The molecule has 0 unspecified atom stereocenters. The molecule has 0 saturated heterocycles. The van der Waals surface area contributed by atoms with Crippen LogP contribution in [0.25, 0.3) is 21.2 Å². The fourth-order valence-electron chi connectivity index (χ4n) is 3.48. The smallest absolute Gasteiger partial charge is 0.383 e. The van der Waals surface area contributed by atoms with Crippen molar-refractivity contribution in [3.8, 4) is 23.0 Å². The van der Waals surface area contributed by atoms with Gasteiger partial charge in [0.1, 0.15) is 11.6 Å². The molecule has 6 nitrogen and oxygen atoms in total. The molecule has 11 heteroatoms. The molecule has 0 fully saturated rings. The summed E-state index contributed by atoms with van der Waals surface area (Å²) in [5.41, 5.74) is 7.32. The maximum atomic E-state index is 13.9. The number of nitrogens with one attached hydrogen (secondary N) is 2. The van der Waals surface area contributed by atoms with Crippen molar-refractivity contribution in [3.63, 3.8) is 0 Å². The van der Waals surface area contributed by atoms with Crippen LogP contribution in [0.4, 0.5) is 39.5 Å². The molecular weight excluding hydrogens is 506 g/mol. The lowest BCUT2D eigenvalue weighted by Gasteiger charge is -2.12. The topological polar surface area (TPSA) is 83.3 Å². The molecule has 0 aliphatic heterocycles. The first-order chi connectivity index (χ1) is 17.5. The summed E-state index contributed by atoms with van der Waals surface area (Å²) in [6, 6.07) is 7.65. The van der Waals surface area contributed by atoms with E-state index in [1.807, 2.05) is 24.4 Å². The van der Waals surface area contributed by atoms with Gasteiger partial charge < -0.3 is 16.4 Å². The Hall–Kier alpha value is -4.14. The van der Waals surface area contributed by atoms with Crippen LogP contribution >= 0.6 is 11.3 Å². The highest BCUT2D eigenvalue weighted by Gasteiger charge is 2.31. The number of urea groups is 1. The van der Waals surface area contributed by atoms with Crippen LogP contribution in [0.5, 0.6) is 0 Å². The van der Waals surface area contributed by atoms with Gasteiger partial charge in [-0.25, -0.2) is 14.2 Å². The molecule has 0 bridgehead atoms. The van der Waals surface area contributed by atoms with Gasteiger partial charge in [-0.2, -0.15) is 13.2 Å². The molecule has 0 radical (unpaired) electrons. The summed E-state index contributed by atoms with van der Waals surface area (Å²) in [6.07, 6.45) is -3.01. The lowest BCUT2D eigenvalue weighted by Crippen LogP contribution is -2.20. The van der Waals surface area contributed by atoms with Crippen molar-refractivity contribution in [3.05, 3.63) is 71.0 Å². The highest BCUT2D eigenvalue weighted by molar-refractivity contribution is 7.18. The number of nitrogen functional groups attached to an aromatic ring is 1. The van der Waals surface area contributed by atoms with Crippen LogP contribution in [0.1, 0.15) is 11.1 Å². The summed E-state index contributed by atoms with van der Waals surface area (Å²) in [6.45, 7) is 0.604. The number of carbonyl (C=O) groups excluding carboxylic acids is 1. The normalized spacial score (nSPS) is 11.3. The van der Waals surface area contributed by atoms with Crippen molar-refractivity contribution in [2.75, 3.05) is 37.0 Å². The molecule has 4 aromatic rings. The number of carbonyl (C=O) groups is 1. The van der Waals surface area contributed by atoms with Crippen LogP contribution in [0.2, 0.25) is 0 Å². The minimum atomic E-state index is -4.67. The molecule has 2 aromatic carbocycles.